The van der Waals surface area contributed by atoms with E-state index in [9.17, 15) is 0 Å². The van der Waals surface area contributed by atoms with Crippen LogP contribution in [-0.4, -0.2) is 12.3 Å². The Hall–Kier alpha value is 0.735. The number of rotatable bonds is 0. The molecule has 0 spiro atoms. The normalized spacial score (nSPS) is 4.36. The van der Waals surface area contributed by atoms with Gasteiger partial charge in [0.1, 0.15) is 0 Å². The fourth-order valence-electron chi connectivity index (χ4n) is 0. The molecule has 0 radical (unpaired) electrons. The summed E-state index contributed by atoms with van der Waals surface area (Å²) in [7, 11) is 0. The Morgan fingerprint density at radius 1 is 0.818 bits per heavy atom. The number of carboxylic acid groups (broad SMARTS) is 4. The molecule has 0 saturated heterocycles. The fraction of sp³-hybridized carbons (Fsp3) is 0. The van der Waals surface area contributed by atoms with Gasteiger partial charge in [0.15, 0.2) is 0 Å². The molecule has 6 nitrogen and oxygen atoms in total. The maximum atomic E-state index is 8.33. The quantitative estimate of drug-likeness (QED) is 0.322. The first-order chi connectivity index (χ1) is 3.46. The van der Waals surface area contributed by atoms with Crippen molar-refractivity contribution in [2.75, 3.05) is 0 Å². The molecule has 9 heteroatoms. The number of carbonyl (C=O) groups is 2. The first-order valence-electron chi connectivity index (χ1n) is 1.22. The maximum Gasteiger partial charge on any atom is 1.00 e. The third-order valence-electron chi connectivity index (χ3n) is 0. The van der Waals surface area contributed by atoms with Gasteiger partial charge >= 0.3 is 68.7 Å². The smallest absolute Gasteiger partial charge is 0.652 e. The van der Waals surface area contributed by atoms with Gasteiger partial charge in [0.05, 0.1) is 0 Å². The topological polar surface area (TPSA) is 126 Å². The van der Waals surface area contributed by atoms with Crippen LogP contribution in [0.1, 0.15) is 1.43 Å². The van der Waals surface area contributed by atoms with E-state index in [1.54, 1.807) is 0 Å². The fourth-order valence-corrected chi connectivity index (χ4v) is 0. The van der Waals surface area contributed by atoms with Crippen LogP contribution in [0.5, 0.6) is 0 Å². The third kappa shape index (κ3) is 1520. The van der Waals surface area contributed by atoms with E-state index < -0.39 is 12.3 Å². The summed E-state index contributed by atoms with van der Waals surface area (Å²) in [5.41, 5.74) is 0. The van der Waals surface area contributed by atoms with Crippen molar-refractivity contribution in [3.63, 3.8) is 0 Å². The van der Waals surface area contributed by atoms with Crippen molar-refractivity contribution in [3.05, 3.63) is 0 Å². The minimum Gasteiger partial charge on any atom is -0.652 e. The Labute approximate surface area is 110 Å². The standard InChI is InChI=1S/2CH2O3.2Li.Na/c2*2-1(3)4;;;/h2*(H2,2,3,4);;;/q;;3*+1/p-3. The molecule has 0 rings (SSSR count). The number of hydrogen-bond donors (Lipinski definition) is 0. The molecule has 0 N–H and O–H groups in total. The van der Waals surface area contributed by atoms with Crippen molar-refractivity contribution in [2.24, 2.45) is 0 Å². The van der Waals surface area contributed by atoms with Gasteiger partial charge in [-0.3, -0.25) is 0 Å². The Morgan fingerprint density at radius 3 is 0.818 bits per heavy atom. The molecule has 0 aromatic heterocycles. The molecule has 48 valence electrons. The first-order valence-corrected chi connectivity index (χ1v) is 1.22. The zero-order valence-corrected chi connectivity index (χ0v) is 8.45. The molecule has 0 aliphatic carbocycles. The maximum absolute atomic E-state index is 8.33. The molecule has 0 aliphatic heterocycles. The van der Waals surface area contributed by atoms with Crippen molar-refractivity contribution in [2.45, 2.75) is 0 Å². The minimum absolute atomic E-state index is 0. The van der Waals surface area contributed by atoms with Crippen LogP contribution >= 0.6 is 0 Å². The summed E-state index contributed by atoms with van der Waals surface area (Å²) in [6.07, 6.45) is -4.67. The average molecular weight is 158 g/mol. The predicted octanol–water partition coefficient (Wildman–Crippen LogP) is -13.8. The van der Waals surface area contributed by atoms with Gasteiger partial charge in [-0.25, -0.2) is 0 Å². The largest absolute Gasteiger partial charge is 1.00 e. The molecule has 0 heterocycles. The summed E-state index contributed by atoms with van der Waals surface area (Å²) in [5.74, 6) is 0. The second kappa shape index (κ2) is 22.4. The van der Waals surface area contributed by atoms with E-state index in [0.29, 0.717) is 0 Å². The monoisotopic (exact) mass is 158 g/mol. The minimum atomic E-state index is -2.33. The van der Waals surface area contributed by atoms with Crippen molar-refractivity contribution in [1.82, 2.24) is 0 Å². The Balaban J connectivity index is -0.0000000112. The Kier molecular flexibility index (Phi) is 60.8. The SMILES string of the molecule is O=C([O-])[O-].O=C([O-])[O-].[H+].[Li+].[Li+].[Na+]. The van der Waals surface area contributed by atoms with E-state index in [4.69, 9.17) is 30.0 Å². The molecular weight excluding hydrogens is 157 g/mol. The molecule has 0 aliphatic rings. The van der Waals surface area contributed by atoms with Gasteiger partial charge in [-0.1, -0.05) is 0 Å². The number of hydrogen-bond acceptors (Lipinski definition) is 6. The summed E-state index contributed by atoms with van der Waals surface area (Å²) in [4.78, 5) is 16.7. The second-order valence-electron chi connectivity index (χ2n) is 0.500. The summed E-state index contributed by atoms with van der Waals surface area (Å²) >= 11 is 0. The summed E-state index contributed by atoms with van der Waals surface area (Å²) in [6.45, 7) is 0. The molecule has 0 unspecified atom stereocenters. The number of carbonyl (C=O) groups excluding carboxylic acids is 2. The third-order valence-corrected chi connectivity index (χ3v) is 0. The van der Waals surface area contributed by atoms with Crippen molar-refractivity contribution in [3.8, 4) is 0 Å². The van der Waals surface area contributed by atoms with Crippen LogP contribution < -0.4 is 87.7 Å². The van der Waals surface area contributed by atoms with E-state index >= 15 is 0 Å². The summed E-state index contributed by atoms with van der Waals surface area (Å²) in [5, 5.41) is 33.3. The van der Waals surface area contributed by atoms with Crippen LogP contribution in [0.4, 0.5) is 9.59 Å². The van der Waals surface area contributed by atoms with E-state index in [1.165, 1.54) is 0 Å². The van der Waals surface area contributed by atoms with Crippen molar-refractivity contribution < 1.29 is 98.7 Å². The zero-order chi connectivity index (χ0) is 7.15. The molecule has 0 aromatic carbocycles. The van der Waals surface area contributed by atoms with Crippen molar-refractivity contribution in [1.29, 1.82) is 0 Å². The average Bonchev–Trinajstić information content (AvgIpc) is 1.25. The molecule has 0 atom stereocenters. The van der Waals surface area contributed by atoms with Crippen LogP contribution in [0.15, 0.2) is 0 Å². The molecule has 0 fully saturated rings. The van der Waals surface area contributed by atoms with Gasteiger partial charge in [-0.15, -0.1) is 0 Å². The van der Waals surface area contributed by atoms with Gasteiger partial charge in [-0.05, 0) is 12.3 Å². The van der Waals surface area contributed by atoms with Crippen LogP contribution in [-0.2, 0) is 0 Å². The summed E-state index contributed by atoms with van der Waals surface area (Å²) in [6, 6.07) is 0. The van der Waals surface area contributed by atoms with Crippen LogP contribution in [0.2, 0.25) is 0 Å². The van der Waals surface area contributed by atoms with E-state index in [-0.39, 0.29) is 68.7 Å². The van der Waals surface area contributed by atoms with E-state index in [1.807, 2.05) is 0 Å². The van der Waals surface area contributed by atoms with Gasteiger partial charge < -0.3 is 30.0 Å². The Bertz CT molecular complexity index is 81.5. The second-order valence-corrected chi connectivity index (χ2v) is 0.500. The van der Waals surface area contributed by atoms with E-state index in [2.05, 4.69) is 0 Å². The predicted molar refractivity (Wildman–Crippen MR) is 11.9 cm³/mol. The van der Waals surface area contributed by atoms with Crippen LogP contribution in [0.3, 0.4) is 0 Å². The zero-order valence-electron chi connectivity index (χ0n) is 7.45. The van der Waals surface area contributed by atoms with Gasteiger partial charge in [-0.2, -0.15) is 0 Å². The van der Waals surface area contributed by atoms with Crippen LogP contribution in [0, 0.1) is 0 Å². The first kappa shape index (κ1) is 29.8. The van der Waals surface area contributed by atoms with E-state index in [0.717, 1.165) is 0 Å². The molecule has 0 saturated carbocycles. The summed E-state index contributed by atoms with van der Waals surface area (Å²) < 4.78 is 0. The molecule has 0 amide bonds. The molecular formula is C2HLi2NaO6. The Morgan fingerprint density at radius 2 is 0.818 bits per heavy atom. The molecule has 11 heavy (non-hydrogen) atoms. The van der Waals surface area contributed by atoms with Gasteiger partial charge in [0, 0.05) is 0 Å². The van der Waals surface area contributed by atoms with Crippen LogP contribution in [0.25, 0.3) is 0 Å². The molecule has 0 bridgehead atoms. The van der Waals surface area contributed by atoms with Gasteiger partial charge in [0.25, 0.3) is 0 Å². The van der Waals surface area contributed by atoms with Crippen molar-refractivity contribution >= 4 is 12.3 Å². The van der Waals surface area contributed by atoms with Gasteiger partial charge in [0.2, 0.25) is 0 Å². The molecule has 0 aromatic rings.